The number of hydrogen-bond donors (Lipinski definition) is 1. The minimum absolute atomic E-state index is 0.130. The third-order valence-electron chi connectivity index (χ3n) is 12.8. The van der Waals surface area contributed by atoms with Gasteiger partial charge in [-0.3, -0.25) is 14.5 Å². The molecular formula is C48H70Cl3N9O2. The van der Waals surface area contributed by atoms with Crippen LogP contribution in [0.3, 0.4) is 0 Å². The standard InChI is InChI=1S/C20H25ClN4O.C13H15ClN4.C8H19N.C7H11ClO/c1-14-13-24(20(26)15-7-3-2-4-8-15)11-12-25(14)19-17-10-6-5-9-16(17)18(21)22-23-19;1-9-8-15-6-7-18(9)13-11-5-3-2-4-10(11)12(14)16-17-13;1-6-9(7(2)3)8(4)5;8-7(9)6-4-2-1-3-5-6/h5-6,9-10,14-15H,2-4,7-8,11-13H2,1H3;2-5,9,15H,6-8H2,1H3;7-8H,6H2,1-5H3;6H,1-5H2/t14-;9-;;/m11../s1. The van der Waals surface area contributed by atoms with E-state index in [4.69, 9.17) is 34.8 Å². The largest absolute Gasteiger partial charge is 0.349 e. The van der Waals surface area contributed by atoms with Crippen LogP contribution in [0.4, 0.5) is 11.6 Å². The SMILES string of the molecule is CCN(C(C)C)C(C)C.C[C@@H]1CN(C(=O)C2CCCCC2)CCN1c1nnc(Cl)c2ccccc12.C[C@@H]1CNCCN1c1nnc(Cl)c2ccccc12.O=C(Cl)C1CCCCC1. The van der Waals surface area contributed by atoms with Gasteiger partial charge in [0.05, 0.1) is 0 Å². The maximum absolute atomic E-state index is 12.9. The Morgan fingerprint density at radius 2 is 1.15 bits per heavy atom. The number of aromatic nitrogens is 4. The number of amides is 1. The Labute approximate surface area is 385 Å². The second-order valence-electron chi connectivity index (χ2n) is 17.8. The quantitative estimate of drug-likeness (QED) is 0.180. The van der Waals surface area contributed by atoms with E-state index in [0.29, 0.717) is 34.3 Å². The van der Waals surface area contributed by atoms with Crippen LogP contribution in [0.15, 0.2) is 48.5 Å². The van der Waals surface area contributed by atoms with Crippen molar-refractivity contribution in [1.29, 1.82) is 0 Å². The highest BCUT2D eigenvalue weighted by molar-refractivity contribution is 6.64. The van der Waals surface area contributed by atoms with Crippen molar-refractivity contribution < 1.29 is 9.59 Å². The van der Waals surface area contributed by atoms with Crippen LogP contribution in [0.5, 0.6) is 0 Å². The summed E-state index contributed by atoms with van der Waals surface area (Å²) < 4.78 is 0. The average molecular weight is 912 g/mol. The van der Waals surface area contributed by atoms with Gasteiger partial charge in [0, 0.05) is 96.8 Å². The van der Waals surface area contributed by atoms with E-state index >= 15 is 0 Å². The first-order valence-electron chi connectivity index (χ1n) is 23.1. The number of anilines is 2. The molecule has 0 radical (unpaired) electrons. The first-order valence-corrected chi connectivity index (χ1v) is 24.2. The fourth-order valence-electron chi connectivity index (χ4n) is 9.43. The summed E-state index contributed by atoms with van der Waals surface area (Å²) in [5.41, 5.74) is 0. The molecule has 2 saturated heterocycles. The van der Waals surface area contributed by atoms with E-state index in [1.807, 2.05) is 42.5 Å². The lowest BCUT2D eigenvalue weighted by molar-refractivity contribution is -0.137. The number of carbonyl (C=O) groups excluding carboxylic acids is 2. The number of carbonyl (C=O) groups is 2. The monoisotopic (exact) mass is 909 g/mol. The molecule has 11 nitrogen and oxygen atoms in total. The van der Waals surface area contributed by atoms with Gasteiger partial charge in [0.25, 0.3) is 0 Å². The lowest BCUT2D eigenvalue weighted by Crippen LogP contribution is -2.55. The summed E-state index contributed by atoms with van der Waals surface area (Å²) in [6.07, 6.45) is 11.5. The van der Waals surface area contributed by atoms with Gasteiger partial charge in [-0.1, -0.05) is 117 Å². The van der Waals surface area contributed by atoms with Gasteiger partial charge in [0.15, 0.2) is 21.9 Å². The second kappa shape index (κ2) is 24.6. The van der Waals surface area contributed by atoms with E-state index in [-0.39, 0.29) is 23.1 Å². The normalized spacial score (nSPS) is 20.0. The summed E-state index contributed by atoms with van der Waals surface area (Å²) in [5, 5.41) is 25.0. The lowest BCUT2D eigenvalue weighted by Gasteiger charge is -2.42. The number of piperazine rings is 2. The molecule has 62 heavy (non-hydrogen) atoms. The van der Waals surface area contributed by atoms with Crippen molar-refractivity contribution in [2.75, 3.05) is 55.6 Å². The number of hydrogen-bond acceptors (Lipinski definition) is 10. The molecule has 2 aliphatic heterocycles. The maximum Gasteiger partial charge on any atom is 0.225 e. The van der Waals surface area contributed by atoms with Crippen LogP contribution in [-0.4, -0.2) is 111 Å². The van der Waals surface area contributed by atoms with E-state index in [2.05, 4.69) is 99.8 Å². The molecule has 4 heterocycles. The van der Waals surface area contributed by atoms with Gasteiger partial charge >= 0.3 is 0 Å². The molecule has 4 fully saturated rings. The highest BCUT2D eigenvalue weighted by Crippen LogP contribution is 2.33. The summed E-state index contributed by atoms with van der Waals surface area (Å²) in [7, 11) is 0. The van der Waals surface area contributed by atoms with Crippen molar-refractivity contribution in [2.24, 2.45) is 11.8 Å². The number of fused-ring (bicyclic) bond motifs is 2. The number of nitrogens with zero attached hydrogens (tertiary/aromatic N) is 8. The lowest BCUT2D eigenvalue weighted by atomic mass is 9.88. The molecule has 340 valence electrons. The van der Waals surface area contributed by atoms with Crippen molar-refractivity contribution in [3.63, 3.8) is 0 Å². The van der Waals surface area contributed by atoms with Crippen molar-refractivity contribution in [3.05, 3.63) is 58.8 Å². The molecule has 1 amide bonds. The van der Waals surface area contributed by atoms with Gasteiger partial charge in [-0.2, -0.15) is 0 Å². The van der Waals surface area contributed by atoms with Crippen molar-refractivity contribution in [1.82, 2.24) is 35.5 Å². The van der Waals surface area contributed by atoms with Gasteiger partial charge in [-0.15, -0.1) is 20.4 Å². The van der Waals surface area contributed by atoms with Crippen molar-refractivity contribution >= 4 is 79.1 Å². The van der Waals surface area contributed by atoms with Gasteiger partial charge in [0.1, 0.15) is 0 Å². The van der Waals surface area contributed by atoms with Gasteiger partial charge in [-0.25, -0.2) is 0 Å². The summed E-state index contributed by atoms with van der Waals surface area (Å²) in [6.45, 7) is 21.8. The highest BCUT2D eigenvalue weighted by atomic mass is 35.5. The van der Waals surface area contributed by atoms with E-state index in [0.717, 1.165) is 105 Å². The second-order valence-corrected chi connectivity index (χ2v) is 18.9. The van der Waals surface area contributed by atoms with Crippen LogP contribution >= 0.6 is 34.8 Å². The van der Waals surface area contributed by atoms with Gasteiger partial charge in [-0.05, 0) is 85.4 Å². The van der Waals surface area contributed by atoms with E-state index in [1.165, 1.54) is 38.5 Å². The molecule has 0 bridgehead atoms. The Balaban J connectivity index is 0.000000174. The Hall–Kier alpha value is -3.35. The van der Waals surface area contributed by atoms with Crippen molar-refractivity contribution in [2.45, 2.75) is 137 Å². The number of halogens is 3. The fourth-order valence-corrected chi connectivity index (χ4v) is 10.1. The molecule has 2 atom stereocenters. The Morgan fingerprint density at radius 3 is 1.55 bits per heavy atom. The van der Waals surface area contributed by atoms with Crippen LogP contribution in [0.25, 0.3) is 21.5 Å². The Bertz CT molecular complexity index is 2020. The zero-order chi connectivity index (χ0) is 44.8. The smallest absolute Gasteiger partial charge is 0.225 e. The topological polar surface area (TPSA) is 111 Å². The molecule has 1 N–H and O–H groups in total. The molecule has 2 aromatic heterocycles. The molecule has 0 spiro atoms. The third-order valence-corrected chi connectivity index (χ3v) is 13.7. The summed E-state index contributed by atoms with van der Waals surface area (Å²) in [6, 6.07) is 18.0. The summed E-state index contributed by atoms with van der Waals surface area (Å²) in [5.74, 6) is 2.56. The first-order chi connectivity index (χ1) is 29.8. The van der Waals surface area contributed by atoms with Crippen molar-refractivity contribution in [3.8, 4) is 0 Å². The van der Waals surface area contributed by atoms with E-state index in [1.54, 1.807) is 0 Å². The number of nitrogens with one attached hydrogen (secondary N) is 1. The zero-order valence-electron chi connectivity index (χ0n) is 38.1. The van der Waals surface area contributed by atoms with E-state index < -0.39 is 0 Å². The molecule has 2 aliphatic carbocycles. The number of rotatable bonds is 7. The van der Waals surface area contributed by atoms with Crippen LogP contribution in [0, 0.1) is 11.8 Å². The number of benzene rings is 2. The van der Waals surface area contributed by atoms with Gasteiger partial charge < -0.3 is 20.0 Å². The molecule has 8 rings (SSSR count). The average Bonchev–Trinajstić information content (AvgIpc) is 3.28. The first kappa shape index (κ1) is 49.7. The minimum atomic E-state index is -0.130. The third kappa shape index (κ3) is 13.3. The Kier molecular flexibility index (Phi) is 19.7. The predicted octanol–water partition coefficient (Wildman–Crippen LogP) is 10.4. The minimum Gasteiger partial charge on any atom is -0.349 e. The molecular weight excluding hydrogens is 841 g/mol. The molecule has 0 unspecified atom stereocenters. The van der Waals surface area contributed by atoms with E-state index in [9.17, 15) is 9.59 Å². The van der Waals surface area contributed by atoms with Crippen LogP contribution in [0.2, 0.25) is 10.3 Å². The highest BCUT2D eigenvalue weighted by Gasteiger charge is 2.33. The fraction of sp³-hybridized carbons (Fsp3) is 0.625. The Morgan fingerprint density at radius 1 is 0.677 bits per heavy atom. The van der Waals surface area contributed by atoms with Crippen LogP contribution < -0.4 is 15.1 Å². The van der Waals surface area contributed by atoms with Gasteiger partial charge in [0.2, 0.25) is 11.1 Å². The maximum atomic E-state index is 12.9. The summed E-state index contributed by atoms with van der Waals surface area (Å²) in [4.78, 5) is 32.5. The zero-order valence-corrected chi connectivity index (χ0v) is 40.4. The molecule has 2 aromatic carbocycles. The summed E-state index contributed by atoms with van der Waals surface area (Å²) >= 11 is 17.6. The predicted molar refractivity (Wildman–Crippen MR) is 259 cm³/mol. The van der Waals surface area contributed by atoms with Crippen LogP contribution in [0.1, 0.15) is 113 Å². The molecule has 4 aliphatic rings. The van der Waals surface area contributed by atoms with Crippen LogP contribution in [-0.2, 0) is 9.59 Å². The molecule has 4 aromatic rings. The molecule has 14 heteroatoms. The molecule has 2 saturated carbocycles.